The molecule has 0 spiro atoms. The second-order valence-corrected chi connectivity index (χ2v) is 42.8. The van der Waals surface area contributed by atoms with Gasteiger partial charge in [-0.05, 0) is 250 Å². The van der Waals surface area contributed by atoms with Crippen LogP contribution < -0.4 is 4.74 Å². The molecular formula is C112H160ClF3O. The van der Waals surface area contributed by atoms with Gasteiger partial charge in [0.2, 0.25) is 0 Å². The van der Waals surface area contributed by atoms with Crippen molar-refractivity contribution in [1.82, 2.24) is 0 Å². The predicted octanol–water partition coefficient (Wildman–Crippen LogP) is 34.3. The van der Waals surface area contributed by atoms with Crippen LogP contribution in [0.3, 0.4) is 0 Å². The molecule has 0 saturated heterocycles. The van der Waals surface area contributed by atoms with Crippen LogP contribution in [0.25, 0.3) is 0 Å². The van der Waals surface area contributed by atoms with Gasteiger partial charge in [0.25, 0.3) is 0 Å². The molecule has 0 fully saturated rings. The Balaban J connectivity index is 0.000000650. The molecule has 0 heterocycles. The van der Waals surface area contributed by atoms with E-state index in [1.54, 1.807) is 39.2 Å². The minimum absolute atomic E-state index is 0.0362. The van der Waals surface area contributed by atoms with Crippen LogP contribution in [0.4, 0.5) is 13.2 Å². The first-order valence-electron chi connectivity index (χ1n) is 42.1. The summed E-state index contributed by atoms with van der Waals surface area (Å²) in [5, 5.41) is 0.863. The Labute approximate surface area is 721 Å². The van der Waals surface area contributed by atoms with E-state index in [-0.39, 0.29) is 71.6 Å². The van der Waals surface area contributed by atoms with Crippen LogP contribution >= 0.6 is 11.6 Å². The van der Waals surface area contributed by atoms with E-state index >= 15 is 0 Å². The van der Waals surface area contributed by atoms with Gasteiger partial charge in [0.15, 0.2) is 0 Å². The molecule has 117 heavy (non-hydrogen) atoms. The summed E-state index contributed by atoms with van der Waals surface area (Å²) in [5.41, 5.74) is 27.4. The summed E-state index contributed by atoms with van der Waals surface area (Å²) >= 11 is 6.02. The molecule has 10 aromatic carbocycles. The van der Waals surface area contributed by atoms with Crippen molar-refractivity contribution in [1.29, 1.82) is 0 Å². The van der Waals surface area contributed by atoms with Gasteiger partial charge in [-0.3, -0.25) is 0 Å². The maximum Gasteiger partial charge on any atom is 0.126 e. The molecule has 1 nitrogen and oxygen atoms in total. The topological polar surface area (TPSA) is 9.23 Å². The highest BCUT2D eigenvalue weighted by Crippen LogP contribution is 2.33. The van der Waals surface area contributed by atoms with Crippen molar-refractivity contribution in [2.24, 2.45) is 0 Å². The highest BCUT2D eigenvalue weighted by molar-refractivity contribution is 6.31. The van der Waals surface area contributed by atoms with Crippen molar-refractivity contribution < 1.29 is 17.9 Å². The van der Waals surface area contributed by atoms with Crippen LogP contribution in [0.5, 0.6) is 5.75 Å². The number of hydrogen-bond acceptors (Lipinski definition) is 1. The van der Waals surface area contributed by atoms with E-state index in [2.05, 4.69) is 387 Å². The van der Waals surface area contributed by atoms with E-state index in [9.17, 15) is 13.2 Å². The summed E-state index contributed by atoms with van der Waals surface area (Å²) in [6.45, 7) is 87.8. The van der Waals surface area contributed by atoms with Gasteiger partial charge in [-0.1, -0.05) is 423 Å². The molecule has 0 aromatic heterocycles. The average molecular weight is 1610 g/mol. The molecule has 0 N–H and O–H groups in total. The van der Waals surface area contributed by atoms with Gasteiger partial charge in [0.1, 0.15) is 23.2 Å². The number of ether oxygens (including phenoxy) is 1. The third-order valence-corrected chi connectivity index (χ3v) is 20.4. The van der Waals surface area contributed by atoms with Gasteiger partial charge in [-0.2, -0.15) is 0 Å². The van der Waals surface area contributed by atoms with Crippen molar-refractivity contribution in [2.75, 3.05) is 7.11 Å². The van der Waals surface area contributed by atoms with Crippen molar-refractivity contribution in [3.8, 4) is 5.75 Å². The standard InChI is InChI=1S/C12H18O.C12H18.C11H15Cl.3C11H15F.4C11H16/c1-9-6-10(12(2,3)4)8-11(7-9)13-5;1-9-6-10(2)8-11(7-9)12(3,4)5;3*1-8-5-6-9(7-10(8)12)11(2,3)4;1-8-5-6-10(12)9(7-8)11(2,3)4;2*1-9-5-7-10(8-6-9)11(2,3)4;1-9-6-5-7-10(8-9)11(2,3)4;1-9-7-5-6-8-10(9)11(2,3)4/h6-8H,1-5H3;6-8H,1-5H3;4*5-7H,1-4H3;4*5-8H,1-4H3. The number of hydrogen-bond donors (Lipinski definition) is 0. The van der Waals surface area contributed by atoms with E-state index in [1.807, 2.05) is 65.0 Å². The molecule has 0 bridgehead atoms. The Morgan fingerprint density at radius 2 is 0.504 bits per heavy atom. The first-order chi connectivity index (χ1) is 53.0. The highest BCUT2D eigenvalue weighted by atomic mass is 35.5. The summed E-state index contributed by atoms with van der Waals surface area (Å²) in [6, 6.07) is 70.2. The summed E-state index contributed by atoms with van der Waals surface area (Å²) < 4.78 is 44.7. The van der Waals surface area contributed by atoms with Crippen LogP contribution in [0.2, 0.25) is 5.02 Å². The number of benzene rings is 10. The van der Waals surface area contributed by atoms with Gasteiger partial charge in [-0.25, -0.2) is 13.2 Å². The van der Waals surface area contributed by atoms with E-state index in [1.165, 1.54) is 84.0 Å². The van der Waals surface area contributed by atoms with Crippen LogP contribution in [-0.4, -0.2) is 7.11 Å². The van der Waals surface area contributed by atoms with Gasteiger partial charge in [0.05, 0.1) is 7.11 Å². The first-order valence-corrected chi connectivity index (χ1v) is 42.5. The van der Waals surface area contributed by atoms with Crippen LogP contribution in [-0.2, 0) is 54.1 Å². The molecule has 0 radical (unpaired) electrons. The molecule has 0 aliphatic rings. The quantitative estimate of drug-likeness (QED) is 0.159. The Kier molecular flexibility index (Phi) is 41.6. The lowest BCUT2D eigenvalue weighted by atomic mass is 9.84. The van der Waals surface area contributed by atoms with Gasteiger partial charge < -0.3 is 4.74 Å². The maximum atomic E-state index is 13.3. The maximum absolute atomic E-state index is 13.3. The fraction of sp³-hybridized carbons (Fsp3) is 0.464. The number of halogens is 4. The van der Waals surface area contributed by atoms with E-state index in [0.29, 0.717) is 11.1 Å². The molecular weight excluding hydrogens is 1450 g/mol. The van der Waals surface area contributed by atoms with Crippen molar-refractivity contribution >= 4 is 11.6 Å². The zero-order valence-corrected chi connectivity index (χ0v) is 82.3. The largest absolute Gasteiger partial charge is 0.497 e. The van der Waals surface area contributed by atoms with Crippen molar-refractivity contribution in [2.45, 2.75) is 338 Å². The molecule has 0 saturated carbocycles. The Hall–Kier alpha value is -7.92. The number of rotatable bonds is 1. The van der Waals surface area contributed by atoms with Crippen molar-refractivity contribution in [3.05, 3.63) is 346 Å². The normalized spacial score (nSPS) is 11.7. The molecule has 0 amide bonds. The summed E-state index contributed by atoms with van der Waals surface area (Å²) in [7, 11) is 1.71. The fourth-order valence-corrected chi connectivity index (χ4v) is 11.9. The van der Waals surface area contributed by atoms with Crippen LogP contribution in [0, 0.1) is 93.6 Å². The Bertz CT molecular complexity index is 4380. The summed E-state index contributed by atoms with van der Waals surface area (Å²) in [4.78, 5) is 0. The fourth-order valence-electron chi connectivity index (χ4n) is 11.7. The number of methoxy groups -OCH3 is 1. The lowest BCUT2D eigenvalue weighted by molar-refractivity contribution is 0.412. The lowest BCUT2D eigenvalue weighted by Crippen LogP contribution is -2.13. The van der Waals surface area contributed by atoms with E-state index in [4.69, 9.17) is 16.3 Å². The second-order valence-electron chi connectivity index (χ2n) is 42.4. The van der Waals surface area contributed by atoms with E-state index in [0.717, 1.165) is 38.6 Å². The molecule has 10 aromatic rings. The van der Waals surface area contributed by atoms with Gasteiger partial charge in [0, 0.05) is 5.02 Å². The molecule has 0 unspecified atom stereocenters. The highest BCUT2D eigenvalue weighted by Gasteiger charge is 2.22. The minimum atomic E-state index is -0.109. The lowest BCUT2D eigenvalue weighted by Gasteiger charge is -2.21. The molecule has 5 heteroatoms. The summed E-state index contributed by atoms with van der Waals surface area (Å²) in [5.74, 6) is 0.628. The van der Waals surface area contributed by atoms with E-state index < -0.39 is 0 Å². The number of aryl methyl sites for hydroxylation is 11. The minimum Gasteiger partial charge on any atom is -0.497 e. The van der Waals surface area contributed by atoms with Crippen LogP contribution in [0.15, 0.2) is 206 Å². The monoisotopic (exact) mass is 1610 g/mol. The van der Waals surface area contributed by atoms with Gasteiger partial charge >= 0.3 is 0 Å². The van der Waals surface area contributed by atoms with Crippen molar-refractivity contribution in [3.63, 3.8) is 0 Å². The third kappa shape index (κ3) is 41.6. The molecule has 0 aliphatic heterocycles. The first kappa shape index (κ1) is 107. The van der Waals surface area contributed by atoms with Crippen LogP contribution in [0.1, 0.15) is 325 Å². The second kappa shape index (κ2) is 45.5. The Morgan fingerprint density at radius 3 is 0.803 bits per heavy atom. The smallest absolute Gasteiger partial charge is 0.126 e. The SMILES string of the molecule is COc1cc(C)cc(C(C)(C)C)c1.Cc1cc(C)cc(C(C)(C)C)c1.Cc1ccc(C(C)(C)C)cc1.Cc1ccc(C(C)(C)C)cc1.Cc1ccc(C(C)(C)C)cc1Cl.Cc1ccc(C(C)(C)C)cc1F.Cc1ccc(C(C)(C)C)cc1F.Cc1ccc(F)c(C(C)(C)C)c1.Cc1cccc(C(C)(C)C)c1.Cc1ccccc1C(C)(C)C. The molecule has 0 aliphatic carbocycles. The van der Waals surface area contributed by atoms with Gasteiger partial charge in [-0.15, -0.1) is 0 Å². The molecule has 0 atom stereocenters. The average Bonchev–Trinajstić information content (AvgIpc) is 0.822. The molecule has 642 valence electrons. The zero-order valence-electron chi connectivity index (χ0n) is 81.6. The Morgan fingerprint density at radius 1 is 0.205 bits per heavy atom. The zero-order chi connectivity index (χ0) is 90.8. The summed E-state index contributed by atoms with van der Waals surface area (Å²) in [6.07, 6.45) is 0. The predicted molar refractivity (Wildman–Crippen MR) is 515 cm³/mol. The molecule has 10 rings (SSSR count). The third-order valence-electron chi connectivity index (χ3n) is 20.0.